The predicted octanol–water partition coefficient (Wildman–Crippen LogP) is 3.08. The van der Waals surface area contributed by atoms with Crippen LogP contribution < -0.4 is 0 Å². The van der Waals surface area contributed by atoms with Gasteiger partial charge in [0.15, 0.2) is 0 Å². The average molecular weight is 266 g/mol. The highest BCUT2D eigenvalue weighted by Gasteiger charge is 2.28. The fraction of sp³-hybridized carbons (Fsp3) is 0.385. The van der Waals surface area contributed by atoms with E-state index in [9.17, 15) is 4.39 Å². The minimum atomic E-state index is -0.220. The Bertz CT molecular complexity index is 563. The zero-order valence-corrected chi connectivity index (χ0v) is 10.6. The SMILES string of the molecule is Fc1cccc(Cc2nnc(CCl)n2C2CC2)c1. The van der Waals surface area contributed by atoms with Crippen LogP contribution >= 0.6 is 11.6 Å². The molecule has 0 aliphatic heterocycles. The lowest BCUT2D eigenvalue weighted by molar-refractivity contribution is 0.624. The molecule has 0 radical (unpaired) electrons. The molecule has 1 heterocycles. The number of hydrogen-bond acceptors (Lipinski definition) is 2. The van der Waals surface area contributed by atoms with Crippen LogP contribution in [0.3, 0.4) is 0 Å². The van der Waals surface area contributed by atoms with Crippen LogP contribution in [-0.2, 0) is 12.3 Å². The molecule has 3 nitrogen and oxygen atoms in total. The van der Waals surface area contributed by atoms with Crippen molar-refractivity contribution in [3.05, 3.63) is 47.3 Å². The maximum Gasteiger partial charge on any atom is 0.148 e. The summed E-state index contributed by atoms with van der Waals surface area (Å²) in [6, 6.07) is 7.07. The molecule has 1 aromatic carbocycles. The summed E-state index contributed by atoms with van der Waals surface area (Å²) in [7, 11) is 0. The van der Waals surface area contributed by atoms with Gasteiger partial charge < -0.3 is 4.57 Å². The van der Waals surface area contributed by atoms with Crippen molar-refractivity contribution in [2.24, 2.45) is 0 Å². The third kappa shape index (κ3) is 2.25. The number of hydrogen-bond donors (Lipinski definition) is 0. The highest BCUT2D eigenvalue weighted by atomic mass is 35.5. The highest BCUT2D eigenvalue weighted by Crippen LogP contribution is 2.37. The number of aromatic nitrogens is 3. The Balaban J connectivity index is 1.90. The molecule has 1 aliphatic rings. The van der Waals surface area contributed by atoms with Crippen LogP contribution in [0.15, 0.2) is 24.3 Å². The minimum Gasteiger partial charge on any atom is -0.311 e. The van der Waals surface area contributed by atoms with Gasteiger partial charge in [0, 0.05) is 12.5 Å². The minimum absolute atomic E-state index is 0.220. The van der Waals surface area contributed by atoms with Crippen LogP contribution in [0.4, 0.5) is 4.39 Å². The van der Waals surface area contributed by atoms with Gasteiger partial charge >= 0.3 is 0 Å². The molecule has 18 heavy (non-hydrogen) atoms. The molecule has 0 bridgehead atoms. The van der Waals surface area contributed by atoms with Crippen molar-refractivity contribution in [2.75, 3.05) is 0 Å². The summed E-state index contributed by atoms with van der Waals surface area (Å²) in [5.41, 5.74) is 0.908. The Labute approximate surface area is 110 Å². The first kappa shape index (κ1) is 11.7. The van der Waals surface area contributed by atoms with Gasteiger partial charge in [-0.2, -0.15) is 0 Å². The van der Waals surface area contributed by atoms with Gasteiger partial charge in [0.25, 0.3) is 0 Å². The summed E-state index contributed by atoms with van der Waals surface area (Å²) < 4.78 is 15.3. The molecule has 2 aromatic rings. The topological polar surface area (TPSA) is 30.7 Å². The lowest BCUT2D eigenvalue weighted by Gasteiger charge is -2.07. The van der Waals surface area contributed by atoms with Gasteiger partial charge in [-0.25, -0.2) is 4.39 Å². The first-order valence-electron chi connectivity index (χ1n) is 6.01. The largest absolute Gasteiger partial charge is 0.311 e. The molecule has 0 amide bonds. The molecule has 1 fully saturated rings. The van der Waals surface area contributed by atoms with Gasteiger partial charge in [0.2, 0.25) is 0 Å². The number of nitrogens with zero attached hydrogens (tertiary/aromatic N) is 3. The molecule has 1 aromatic heterocycles. The summed E-state index contributed by atoms with van der Waals surface area (Å²) in [5, 5.41) is 8.28. The van der Waals surface area contributed by atoms with Crippen LogP contribution in [0.5, 0.6) is 0 Å². The van der Waals surface area contributed by atoms with Crippen LogP contribution in [-0.4, -0.2) is 14.8 Å². The summed E-state index contributed by atoms with van der Waals surface area (Å²) in [6.45, 7) is 0. The molecule has 3 rings (SSSR count). The van der Waals surface area contributed by atoms with Crippen molar-refractivity contribution >= 4 is 11.6 Å². The Morgan fingerprint density at radius 2 is 2.06 bits per heavy atom. The van der Waals surface area contributed by atoms with Gasteiger partial charge in [-0.05, 0) is 30.5 Å². The quantitative estimate of drug-likeness (QED) is 0.796. The van der Waals surface area contributed by atoms with Crippen molar-refractivity contribution in [3.63, 3.8) is 0 Å². The summed E-state index contributed by atoms with van der Waals surface area (Å²) in [6.07, 6.45) is 2.90. The van der Waals surface area contributed by atoms with E-state index in [1.165, 1.54) is 12.1 Å². The number of benzene rings is 1. The summed E-state index contributed by atoms with van der Waals surface area (Å²) >= 11 is 5.86. The standard InChI is InChI=1S/C13H13ClFN3/c14-8-13-17-16-12(18(13)11-4-5-11)7-9-2-1-3-10(15)6-9/h1-3,6,11H,4-5,7-8H2. The maximum atomic E-state index is 13.1. The van der Waals surface area contributed by atoms with Gasteiger partial charge in [0.1, 0.15) is 17.5 Å². The lowest BCUT2D eigenvalue weighted by atomic mass is 10.1. The molecule has 0 unspecified atom stereocenters. The Morgan fingerprint density at radius 1 is 1.28 bits per heavy atom. The van der Waals surface area contributed by atoms with E-state index in [0.717, 1.165) is 30.1 Å². The Kier molecular flexibility index (Phi) is 3.04. The molecule has 1 saturated carbocycles. The van der Waals surface area contributed by atoms with E-state index in [1.807, 2.05) is 6.07 Å². The fourth-order valence-corrected chi connectivity index (χ4v) is 2.34. The van der Waals surface area contributed by atoms with Crippen LogP contribution in [0.2, 0.25) is 0 Å². The fourth-order valence-electron chi connectivity index (χ4n) is 2.16. The van der Waals surface area contributed by atoms with Crippen molar-refractivity contribution in [2.45, 2.75) is 31.2 Å². The number of halogens is 2. The third-order valence-corrected chi connectivity index (χ3v) is 3.36. The molecular weight excluding hydrogens is 253 g/mol. The third-order valence-electron chi connectivity index (χ3n) is 3.12. The van der Waals surface area contributed by atoms with E-state index < -0.39 is 0 Å². The van der Waals surface area contributed by atoms with E-state index in [2.05, 4.69) is 14.8 Å². The molecule has 0 atom stereocenters. The van der Waals surface area contributed by atoms with Crippen LogP contribution in [0.25, 0.3) is 0 Å². The predicted molar refractivity (Wildman–Crippen MR) is 67.1 cm³/mol. The van der Waals surface area contributed by atoms with Crippen molar-refractivity contribution in [1.29, 1.82) is 0 Å². The summed E-state index contributed by atoms with van der Waals surface area (Å²) in [5.74, 6) is 1.83. The maximum absolute atomic E-state index is 13.1. The van der Waals surface area contributed by atoms with E-state index in [1.54, 1.807) is 6.07 Å². The summed E-state index contributed by atoms with van der Waals surface area (Å²) in [4.78, 5) is 0. The molecule has 0 saturated heterocycles. The number of rotatable bonds is 4. The van der Waals surface area contributed by atoms with Gasteiger partial charge in [0.05, 0.1) is 5.88 Å². The van der Waals surface area contributed by atoms with E-state index in [0.29, 0.717) is 18.3 Å². The zero-order chi connectivity index (χ0) is 12.5. The zero-order valence-electron chi connectivity index (χ0n) is 9.81. The second-order valence-electron chi connectivity index (χ2n) is 4.57. The lowest BCUT2D eigenvalue weighted by Crippen LogP contribution is -2.05. The van der Waals surface area contributed by atoms with E-state index in [-0.39, 0.29) is 5.82 Å². The van der Waals surface area contributed by atoms with Crippen molar-refractivity contribution in [3.8, 4) is 0 Å². The molecule has 0 spiro atoms. The molecule has 1 aliphatic carbocycles. The second-order valence-corrected chi connectivity index (χ2v) is 4.84. The smallest absolute Gasteiger partial charge is 0.148 e. The molecule has 0 N–H and O–H groups in total. The molecule has 94 valence electrons. The van der Waals surface area contributed by atoms with E-state index >= 15 is 0 Å². The van der Waals surface area contributed by atoms with Crippen LogP contribution in [0, 0.1) is 5.82 Å². The molecule has 5 heteroatoms. The highest BCUT2D eigenvalue weighted by molar-refractivity contribution is 6.16. The molecular formula is C13H13ClFN3. The van der Waals surface area contributed by atoms with Gasteiger partial charge in [-0.3, -0.25) is 0 Å². The van der Waals surface area contributed by atoms with E-state index in [4.69, 9.17) is 11.6 Å². The Hall–Kier alpha value is -1.42. The first-order valence-corrected chi connectivity index (χ1v) is 6.54. The van der Waals surface area contributed by atoms with Crippen molar-refractivity contribution in [1.82, 2.24) is 14.8 Å². The second kappa shape index (κ2) is 4.69. The van der Waals surface area contributed by atoms with Gasteiger partial charge in [-0.15, -0.1) is 21.8 Å². The van der Waals surface area contributed by atoms with Crippen molar-refractivity contribution < 1.29 is 4.39 Å². The normalized spacial score (nSPS) is 15.0. The Morgan fingerprint density at radius 3 is 2.72 bits per heavy atom. The monoisotopic (exact) mass is 265 g/mol. The van der Waals surface area contributed by atoms with Crippen LogP contribution in [0.1, 0.15) is 36.1 Å². The first-order chi connectivity index (χ1) is 8.78. The number of alkyl halides is 1. The van der Waals surface area contributed by atoms with Gasteiger partial charge in [-0.1, -0.05) is 12.1 Å². The average Bonchev–Trinajstić information content (AvgIpc) is 3.11.